The number of Topliss-reactive ketones (excluding diaryl/α,β-unsaturated/α-hetero) is 1. The average molecular weight is 391 g/mol. The van der Waals surface area contributed by atoms with Crippen molar-refractivity contribution in [2.75, 3.05) is 0 Å². The summed E-state index contributed by atoms with van der Waals surface area (Å²) in [5.41, 5.74) is 0.445. The van der Waals surface area contributed by atoms with Crippen molar-refractivity contribution in [3.63, 3.8) is 0 Å². The van der Waals surface area contributed by atoms with E-state index in [4.69, 9.17) is 0 Å². The minimum Gasteiger partial charge on any atom is -0.434 e. The molecule has 0 aliphatic carbocycles. The van der Waals surface area contributed by atoms with Crippen LogP contribution in [0, 0.1) is 3.57 Å². The SMILES string of the molecule is CC(=O)c1ccc(OC(F)F)c(I)c1Br. The Balaban J connectivity index is 3.15. The molecule has 0 saturated heterocycles. The van der Waals surface area contributed by atoms with Crippen LogP contribution in [-0.4, -0.2) is 12.4 Å². The van der Waals surface area contributed by atoms with Gasteiger partial charge in [-0.2, -0.15) is 8.78 Å². The standard InChI is InChI=1S/C9H6BrF2IO2/c1-4(14)5-2-3-6(15-9(11)12)8(13)7(5)10/h2-3,9H,1H3. The van der Waals surface area contributed by atoms with E-state index < -0.39 is 6.61 Å². The zero-order valence-electron chi connectivity index (χ0n) is 7.56. The summed E-state index contributed by atoms with van der Waals surface area (Å²) < 4.78 is 29.2. The minimum atomic E-state index is -2.87. The van der Waals surface area contributed by atoms with Gasteiger partial charge in [0.05, 0.1) is 3.57 Å². The van der Waals surface area contributed by atoms with Crippen LogP contribution in [0.3, 0.4) is 0 Å². The Bertz CT molecular complexity index is 396. The summed E-state index contributed by atoms with van der Waals surface area (Å²) in [7, 11) is 0. The number of carbonyl (C=O) groups excluding carboxylic acids is 1. The minimum absolute atomic E-state index is 0.0578. The number of hydrogen-bond donors (Lipinski definition) is 0. The van der Waals surface area contributed by atoms with Gasteiger partial charge in [0.1, 0.15) is 5.75 Å². The molecule has 0 saturated carbocycles. The third kappa shape index (κ3) is 3.10. The van der Waals surface area contributed by atoms with Crippen LogP contribution in [-0.2, 0) is 0 Å². The second-order valence-electron chi connectivity index (χ2n) is 2.67. The average Bonchev–Trinajstić information content (AvgIpc) is 2.12. The summed E-state index contributed by atoms with van der Waals surface area (Å²) >= 11 is 5.01. The van der Waals surface area contributed by atoms with Crippen LogP contribution >= 0.6 is 38.5 Å². The van der Waals surface area contributed by atoms with Crippen LogP contribution < -0.4 is 4.74 Å². The molecule has 82 valence electrons. The second kappa shape index (κ2) is 5.20. The topological polar surface area (TPSA) is 26.3 Å². The highest BCUT2D eigenvalue weighted by Gasteiger charge is 2.15. The number of alkyl halides is 2. The van der Waals surface area contributed by atoms with E-state index in [0.29, 0.717) is 13.6 Å². The molecule has 15 heavy (non-hydrogen) atoms. The first-order valence-electron chi connectivity index (χ1n) is 3.87. The van der Waals surface area contributed by atoms with E-state index >= 15 is 0 Å². The smallest absolute Gasteiger partial charge is 0.387 e. The number of benzene rings is 1. The van der Waals surface area contributed by atoms with Gasteiger partial charge in [0.2, 0.25) is 0 Å². The van der Waals surface area contributed by atoms with Crippen LogP contribution in [0.1, 0.15) is 17.3 Å². The van der Waals surface area contributed by atoms with Crippen LogP contribution in [0.15, 0.2) is 16.6 Å². The summed E-state index contributed by atoms with van der Waals surface area (Å²) in [4.78, 5) is 11.1. The van der Waals surface area contributed by atoms with E-state index in [1.807, 2.05) is 22.6 Å². The Morgan fingerprint density at radius 3 is 2.60 bits per heavy atom. The monoisotopic (exact) mass is 390 g/mol. The number of rotatable bonds is 3. The Morgan fingerprint density at radius 1 is 1.53 bits per heavy atom. The molecular weight excluding hydrogens is 385 g/mol. The van der Waals surface area contributed by atoms with Gasteiger partial charge in [0, 0.05) is 10.0 Å². The first kappa shape index (κ1) is 12.8. The maximum atomic E-state index is 12.0. The molecule has 0 aromatic heterocycles. The molecular formula is C9H6BrF2IO2. The number of hydrogen-bond acceptors (Lipinski definition) is 2. The van der Waals surface area contributed by atoms with Crippen LogP contribution in [0.2, 0.25) is 0 Å². The van der Waals surface area contributed by atoms with Gasteiger partial charge in [0.15, 0.2) is 5.78 Å². The molecule has 0 aliphatic rings. The largest absolute Gasteiger partial charge is 0.434 e. The van der Waals surface area contributed by atoms with Crippen LogP contribution in [0.5, 0.6) is 5.75 Å². The molecule has 1 aromatic rings. The van der Waals surface area contributed by atoms with Crippen molar-refractivity contribution in [3.8, 4) is 5.75 Å². The van der Waals surface area contributed by atoms with Gasteiger partial charge in [-0.3, -0.25) is 4.79 Å². The lowest BCUT2D eigenvalue weighted by molar-refractivity contribution is -0.0504. The van der Waals surface area contributed by atoms with Gasteiger partial charge < -0.3 is 4.74 Å². The van der Waals surface area contributed by atoms with Crippen LogP contribution in [0.25, 0.3) is 0 Å². The summed E-state index contributed by atoms with van der Waals surface area (Å²) in [5.74, 6) is -0.0779. The van der Waals surface area contributed by atoms with Crippen molar-refractivity contribution in [2.24, 2.45) is 0 Å². The van der Waals surface area contributed by atoms with Gasteiger partial charge in [0.25, 0.3) is 0 Å². The molecule has 1 rings (SSSR count). The van der Waals surface area contributed by atoms with Crippen molar-refractivity contribution >= 4 is 44.3 Å². The third-order valence-corrected chi connectivity index (χ3v) is 4.28. The van der Waals surface area contributed by atoms with Crippen LogP contribution in [0.4, 0.5) is 8.78 Å². The number of ether oxygens (including phenoxy) is 1. The van der Waals surface area contributed by atoms with Gasteiger partial charge in [-0.05, 0) is 57.6 Å². The fourth-order valence-electron chi connectivity index (χ4n) is 0.991. The lowest BCUT2D eigenvalue weighted by Crippen LogP contribution is -2.05. The molecule has 0 N–H and O–H groups in total. The van der Waals surface area contributed by atoms with Gasteiger partial charge in [-0.25, -0.2) is 0 Å². The third-order valence-electron chi connectivity index (χ3n) is 1.64. The summed E-state index contributed by atoms with van der Waals surface area (Å²) in [5, 5.41) is 0. The zero-order chi connectivity index (χ0) is 11.6. The number of halogens is 4. The molecule has 0 aliphatic heterocycles. The number of carbonyl (C=O) groups is 1. The van der Waals surface area contributed by atoms with E-state index in [2.05, 4.69) is 20.7 Å². The maximum absolute atomic E-state index is 12.0. The fourth-order valence-corrected chi connectivity index (χ4v) is 2.19. The van der Waals surface area contributed by atoms with Gasteiger partial charge in [-0.15, -0.1) is 0 Å². The first-order chi connectivity index (χ1) is 6.93. The molecule has 6 heteroatoms. The molecule has 0 fully saturated rings. The molecule has 0 amide bonds. The van der Waals surface area contributed by atoms with E-state index in [1.165, 1.54) is 19.1 Å². The predicted molar refractivity (Wildman–Crippen MR) is 63.5 cm³/mol. The molecule has 1 aromatic carbocycles. The van der Waals surface area contributed by atoms with Crippen molar-refractivity contribution in [3.05, 3.63) is 25.7 Å². The lowest BCUT2D eigenvalue weighted by atomic mass is 10.1. The molecule has 0 atom stereocenters. The van der Waals surface area contributed by atoms with Crippen molar-refractivity contribution in [2.45, 2.75) is 13.5 Å². The molecule has 0 spiro atoms. The molecule has 0 radical (unpaired) electrons. The lowest BCUT2D eigenvalue weighted by Gasteiger charge is -2.10. The maximum Gasteiger partial charge on any atom is 0.387 e. The highest BCUT2D eigenvalue weighted by molar-refractivity contribution is 14.1. The van der Waals surface area contributed by atoms with E-state index in [0.717, 1.165) is 0 Å². The predicted octanol–water partition coefficient (Wildman–Crippen LogP) is 3.86. The summed E-state index contributed by atoms with van der Waals surface area (Å²) in [6, 6.07) is 2.81. The highest BCUT2D eigenvalue weighted by atomic mass is 127. The molecule has 2 nitrogen and oxygen atoms in total. The first-order valence-corrected chi connectivity index (χ1v) is 5.74. The fraction of sp³-hybridized carbons (Fsp3) is 0.222. The van der Waals surface area contributed by atoms with Gasteiger partial charge in [-0.1, -0.05) is 0 Å². The normalized spacial score (nSPS) is 10.5. The highest BCUT2D eigenvalue weighted by Crippen LogP contribution is 2.32. The Kier molecular flexibility index (Phi) is 4.45. The van der Waals surface area contributed by atoms with E-state index in [-0.39, 0.29) is 11.5 Å². The second-order valence-corrected chi connectivity index (χ2v) is 4.55. The van der Waals surface area contributed by atoms with Gasteiger partial charge >= 0.3 is 6.61 Å². The van der Waals surface area contributed by atoms with E-state index in [1.54, 1.807) is 0 Å². The van der Waals surface area contributed by atoms with E-state index in [9.17, 15) is 13.6 Å². The zero-order valence-corrected chi connectivity index (χ0v) is 11.3. The molecule has 0 heterocycles. The van der Waals surface area contributed by atoms with Crippen molar-refractivity contribution in [1.29, 1.82) is 0 Å². The Labute approximate surface area is 107 Å². The summed E-state index contributed by atoms with van der Waals surface area (Å²) in [6.45, 7) is -1.46. The Hall–Kier alpha value is -0.240. The quantitative estimate of drug-likeness (QED) is 0.578. The molecule has 0 unspecified atom stereocenters. The number of ketones is 1. The van der Waals surface area contributed by atoms with Crippen molar-refractivity contribution < 1.29 is 18.3 Å². The Morgan fingerprint density at radius 2 is 2.13 bits per heavy atom. The molecule has 0 bridgehead atoms. The van der Waals surface area contributed by atoms with Crippen molar-refractivity contribution in [1.82, 2.24) is 0 Å². The summed E-state index contributed by atoms with van der Waals surface area (Å²) in [6.07, 6.45) is 0.